The molecule has 1 unspecified atom stereocenters. The molecule has 0 radical (unpaired) electrons. The average molecular weight is 385 g/mol. The number of rotatable bonds is 7. The number of urea groups is 1. The van der Waals surface area contributed by atoms with Crippen LogP contribution in [0.5, 0.6) is 5.75 Å². The number of benzene rings is 1. The summed E-state index contributed by atoms with van der Waals surface area (Å²) in [5, 5.41) is 14.2. The van der Waals surface area contributed by atoms with Crippen molar-refractivity contribution in [3.63, 3.8) is 0 Å². The van der Waals surface area contributed by atoms with Crippen molar-refractivity contribution >= 4 is 21.7 Å². The number of aliphatic hydroxyl groups excluding tert-OH is 1. The van der Waals surface area contributed by atoms with E-state index in [1.165, 1.54) is 16.4 Å². The summed E-state index contributed by atoms with van der Waals surface area (Å²) in [6.07, 6.45) is 2.73. The lowest BCUT2D eigenvalue weighted by Crippen LogP contribution is -2.38. The highest BCUT2D eigenvalue weighted by molar-refractivity contribution is 7.89. The third-order valence-electron chi connectivity index (χ3n) is 4.10. The molecule has 9 heteroatoms. The second-order valence-corrected chi connectivity index (χ2v) is 8.18. The van der Waals surface area contributed by atoms with Gasteiger partial charge >= 0.3 is 6.03 Å². The minimum absolute atomic E-state index is 0.119. The van der Waals surface area contributed by atoms with Crippen LogP contribution in [0.3, 0.4) is 0 Å². The molecule has 3 N–H and O–H groups in total. The van der Waals surface area contributed by atoms with Gasteiger partial charge in [-0.2, -0.15) is 4.31 Å². The topological polar surface area (TPSA) is 108 Å². The first-order chi connectivity index (χ1) is 12.4. The maximum Gasteiger partial charge on any atom is 0.319 e. The molecule has 0 aliphatic carbocycles. The van der Waals surface area contributed by atoms with Crippen LogP contribution in [-0.2, 0) is 10.0 Å². The number of carbonyl (C=O) groups excluding carboxylic acids is 1. The van der Waals surface area contributed by atoms with Crippen molar-refractivity contribution in [2.24, 2.45) is 0 Å². The quantitative estimate of drug-likeness (QED) is 0.663. The molecular formula is C17H27N3O5S. The zero-order valence-corrected chi connectivity index (χ0v) is 16.0. The summed E-state index contributed by atoms with van der Waals surface area (Å²) in [4.78, 5) is 12.2. The Hall–Kier alpha value is -1.84. The fourth-order valence-electron chi connectivity index (χ4n) is 2.73. The van der Waals surface area contributed by atoms with Crippen LogP contribution in [0.25, 0.3) is 0 Å². The number of carbonyl (C=O) groups is 1. The minimum Gasteiger partial charge on any atom is -0.492 e. The number of piperidine rings is 1. The van der Waals surface area contributed by atoms with Gasteiger partial charge in [0.25, 0.3) is 0 Å². The number of hydrogen-bond acceptors (Lipinski definition) is 5. The zero-order chi connectivity index (χ0) is 19.2. The van der Waals surface area contributed by atoms with E-state index in [0.717, 1.165) is 19.3 Å². The lowest BCUT2D eigenvalue weighted by Gasteiger charge is -2.26. The number of amides is 2. The molecule has 1 fully saturated rings. The minimum atomic E-state index is -3.61. The van der Waals surface area contributed by atoms with Gasteiger partial charge in [-0.1, -0.05) is 6.42 Å². The summed E-state index contributed by atoms with van der Waals surface area (Å²) < 4.78 is 32.6. The van der Waals surface area contributed by atoms with Gasteiger partial charge in [0.05, 0.1) is 29.8 Å². The Kier molecular flexibility index (Phi) is 7.24. The highest BCUT2D eigenvalue weighted by atomic mass is 32.2. The fourth-order valence-corrected chi connectivity index (χ4v) is 4.27. The van der Waals surface area contributed by atoms with Gasteiger partial charge < -0.3 is 20.5 Å². The molecule has 2 rings (SSSR count). The van der Waals surface area contributed by atoms with Crippen molar-refractivity contribution in [1.29, 1.82) is 0 Å². The largest absolute Gasteiger partial charge is 0.492 e. The number of nitrogens with one attached hydrogen (secondary N) is 2. The van der Waals surface area contributed by atoms with Crippen LogP contribution in [0.1, 0.15) is 33.1 Å². The molecular weight excluding hydrogens is 358 g/mol. The number of anilines is 1. The van der Waals surface area contributed by atoms with Crippen LogP contribution < -0.4 is 15.4 Å². The Morgan fingerprint density at radius 3 is 2.62 bits per heavy atom. The summed E-state index contributed by atoms with van der Waals surface area (Å²) in [7, 11) is -3.61. The Labute approximate surface area is 154 Å². The number of aliphatic hydroxyl groups is 1. The zero-order valence-electron chi connectivity index (χ0n) is 15.2. The van der Waals surface area contributed by atoms with Crippen molar-refractivity contribution in [2.75, 3.05) is 31.6 Å². The van der Waals surface area contributed by atoms with E-state index in [4.69, 9.17) is 9.84 Å². The van der Waals surface area contributed by atoms with Crippen LogP contribution in [0, 0.1) is 0 Å². The Morgan fingerprint density at radius 1 is 1.31 bits per heavy atom. The smallest absolute Gasteiger partial charge is 0.319 e. The van der Waals surface area contributed by atoms with E-state index in [-0.39, 0.29) is 17.2 Å². The van der Waals surface area contributed by atoms with Crippen molar-refractivity contribution < 1.29 is 23.1 Å². The standard InChI is InChI=1S/C17H27N3O5S/c1-3-25-16-8-7-14(26(23,24)20-9-5-4-6-10-20)11-15(16)19-17(22)18-13(2)12-21/h7-8,11,13,21H,3-6,9-10,12H2,1-2H3,(H2,18,19,22). The van der Waals surface area contributed by atoms with Gasteiger partial charge in [0.1, 0.15) is 5.75 Å². The summed E-state index contributed by atoms with van der Waals surface area (Å²) in [6, 6.07) is 3.49. The van der Waals surface area contributed by atoms with Crippen LogP contribution in [0.4, 0.5) is 10.5 Å². The molecule has 26 heavy (non-hydrogen) atoms. The van der Waals surface area contributed by atoms with Crippen LogP contribution in [0.2, 0.25) is 0 Å². The summed E-state index contributed by atoms with van der Waals surface area (Å²) in [5.74, 6) is 0.386. The van der Waals surface area contributed by atoms with Gasteiger partial charge in [-0.3, -0.25) is 0 Å². The Bertz CT molecular complexity index is 717. The molecule has 0 bridgehead atoms. The molecule has 1 aromatic carbocycles. The van der Waals surface area contributed by atoms with Crippen LogP contribution in [0.15, 0.2) is 23.1 Å². The lowest BCUT2D eigenvalue weighted by atomic mass is 10.2. The predicted octanol–water partition coefficient (Wildman–Crippen LogP) is 1.76. The van der Waals surface area contributed by atoms with E-state index in [1.54, 1.807) is 19.9 Å². The molecule has 1 aliphatic heterocycles. The van der Waals surface area contributed by atoms with Crippen molar-refractivity contribution in [3.05, 3.63) is 18.2 Å². The second kappa shape index (κ2) is 9.20. The predicted molar refractivity (Wildman–Crippen MR) is 98.9 cm³/mol. The van der Waals surface area contributed by atoms with Crippen molar-refractivity contribution in [3.8, 4) is 5.75 Å². The van der Waals surface area contributed by atoms with Crippen molar-refractivity contribution in [2.45, 2.75) is 44.0 Å². The van der Waals surface area contributed by atoms with Gasteiger partial charge in [0.15, 0.2) is 0 Å². The van der Waals surface area contributed by atoms with E-state index in [2.05, 4.69) is 10.6 Å². The van der Waals surface area contributed by atoms with E-state index in [1.807, 2.05) is 0 Å². The molecule has 8 nitrogen and oxygen atoms in total. The molecule has 2 amide bonds. The monoisotopic (exact) mass is 385 g/mol. The maximum absolute atomic E-state index is 12.8. The summed E-state index contributed by atoms with van der Waals surface area (Å²) in [6.45, 7) is 4.65. The van der Waals surface area contributed by atoms with Gasteiger partial charge in [-0.05, 0) is 44.9 Å². The molecule has 1 aliphatic rings. The maximum atomic E-state index is 12.8. The van der Waals surface area contributed by atoms with E-state index < -0.39 is 22.1 Å². The Balaban J connectivity index is 2.27. The second-order valence-electron chi connectivity index (χ2n) is 6.24. The first-order valence-corrected chi connectivity index (χ1v) is 10.3. The van der Waals surface area contributed by atoms with Crippen LogP contribution >= 0.6 is 0 Å². The Morgan fingerprint density at radius 2 is 2.00 bits per heavy atom. The number of hydrogen-bond donors (Lipinski definition) is 3. The summed E-state index contributed by atoms with van der Waals surface area (Å²) >= 11 is 0. The number of sulfonamides is 1. The number of ether oxygens (including phenoxy) is 1. The third-order valence-corrected chi connectivity index (χ3v) is 6.00. The normalized spacial score (nSPS) is 16.7. The first-order valence-electron chi connectivity index (χ1n) is 8.84. The van der Waals surface area contributed by atoms with Gasteiger partial charge in [0.2, 0.25) is 10.0 Å². The molecule has 1 atom stereocenters. The molecule has 0 spiro atoms. The van der Waals surface area contributed by atoms with Gasteiger partial charge in [-0.25, -0.2) is 13.2 Å². The summed E-state index contributed by atoms with van der Waals surface area (Å²) in [5.41, 5.74) is 0.271. The number of nitrogens with zero attached hydrogens (tertiary/aromatic N) is 1. The van der Waals surface area contributed by atoms with Crippen LogP contribution in [-0.4, -0.2) is 56.2 Å². The highest BCUT2D eigenvalue weighted by Crippen LogP contribution is 2.30. The highest BCUT2D eigenvalue weighted by Gasteiger charge is 2.27. The molecule has 1 aromatic rings. The van der Waals surface area contributed by atoms with E-state index in [0.29, 0.717) is 25.4 Å². The third kappa shape index (κ3) is 5.09. The first kappa shape index (κ1) is 20.5. The van der Waals surface area contributed by atoms with E-state index >= 15 is 0 Å². The van der Waals surface area contributed by atoms with Gasteiger partial charge in [-0.15, -0.1) is 0 Å². The van der Waals surface area contributed by atoms with Crippen molar-refractivity contribution in [1.82, 2.24) is 9.62 Å². The SMILES string of the molecule is CCOc1ccc(S(=O)(=O)N2CCCCC2)cc1NC(=O)NC(C)CO. The molecule has 1 heterocycles. The molecule has 1 saturated heterocycles. The van der Waals surface area contributed by atoms with E-state index in [9.17, 15) is 13.2 Å². The average Bonchev–Trinajstić information content (AvgIpc) is 2.63. The lowest BCUT2D eigenvalue weighted by molar-refractivity contribution is 0.229. The molecule has 146 valence electrons. The van der Waals surface area contributed by atoms with Gasteiger partial charge in [0, 0.05) is 13.1 Å². The fraction of sp³-hybridized carbons (Fsp3) is 0.588. The molecule has 0 saturated carbocycles. The molecule has 0 aromatic heterocycles.